The maximum absolute atomic E-state index is 13.6. The fraction of sp³-hybridized carbons (Fsp3) is 0.514. The summed E-state index contributed by atoms with van der Waals surface area (Å²) >= 11 is 1.05. The number of carbonyl (C=O) groups excluding carboxylic acids is 3. The first kappa shape index (κ1) is 44.6. The molecule has 1 unspecified atom stereocenters. The summed E-state index contributed by atoms with van der Waals surface area (Å²) in [5.41, 5.74) is -0.0702. The number of urea groups is 1. The molecule has 0 bridgehead atoms. The quantitative estimate of drug-likeness (QED) is 0.0924. The molecule has 5 heterocycles. The second kappa shape index (κ2) is 18.5. The van der Waals surface area contributed by atoms with Gasteiger partial charge >= 0.3 is 35.8 Å². The number of nitro benzene ring substituents is 1. The van der Waals surface area contributed by atoms with E-state index >= 15 is 0 Å². The molecule has 2 saturated heterocycles. The minimum Gasteiger partial charge on any atom is -0.479 e. The van der Waals surface area contributed by atoms with Gasteiger partial charge in [-0.15, -0.1) is 4.37 Å². The molecule has 25 nitrogen and oxygen atoms in total. The maximum atomic E-state index is 13.6. The molecule has 1 aromatic carbocycles. The van der Waals surface area contributed by atoms with Crippen LogP contribution in [0.25, 0.3) is 11.0 Å². The third kappa shape index (κ3) is 9.34. The standard InChI is InChI=1S/C37H45N11O14S/c1-43(9-10-44(2)37(56)60-16-18-5-6-24(23(11-18)48(57)58)61-32-27(51)25(49)26(50)28(62-32)31(52)53)36(55)47-8-7-22-29(38-17-39-30(22)47)45(3)21-12-19-14-46(15-20(19)13-21)35(54)41-34-40-33(59-4)42-63-34/h5-8,11,17,19-21,25-28,32,49-51H,9-10,12-16H2,1-4H3,(H,52,53)(H,40,41,42,54)/t19-,20+,21?,25-,26-,27+,28-,32+/m0/s1. The van der Waals surface area contributed by atoms with Gasteiger partial charge in [-0.05, 0) is 42.4 Å². The molecule has 338 valence electrons. The van der Waals surface area contributed by atoms with E-state index in [4.69, 9.17) is 18.9 Å². The number of fused-ring (bicyclic) bond motifs is 2. The Balaban J connectivity index is 0.897. The third-order valence-corrected chi connectivity index (χ3v) is 12.0. The van der Waals surface area contributed by atoms with Crippen molar-refractivity contribution < 1.29 is 63.5 Å². The lowest BCUT2D eigenvalue weighted by molar-refractivity contribution is -0.387. The number of ether oxygens (including phenoxy) is 4. The van der Waals surface area contributed by atoms with Crippen molar-refractivity contribution in [3.63, 3.8) is 0 Å². The summed E-state index contributed by atoms with van der Waals surface area (Å²) in [4.78, 5) is 81.5. The van der Waals surface area contributed by atoms with E-state index in [2.05, 4.69) is 29.5 Å². The molecule has 8 atom stereocenters. The number of rotatable bonds is 13. The van der Waals surface area contributed by atoms with Crippen LogP contribution < -0.4 is 19.7 Å². The fourth-order valence-electron chi connectivity index (χ4n) is 7.91. The maximum Gasteiger partial charge on any atom is 0.409 e. The summed E-state index contributed by atoms with van der Waals surface area (Å²) < 4.78 is 26.1. The number of anilines is 2. The molecule has 2 aliphatic heterocycles. The number of methoxy groups -OCH3 is 1. The average Bonchev–Trinajstić information content (AvgIpc) is 4.08. The molecule has 1 saturated carbocycles. The van der Waals surface area contributed by atoms with E-state index in [1.165, 1.54) is 40.9 Å². The number of carboxylic acid groups (broad SMARTS) is 1. The molecule has 3 fully saturated rings. The summed E-state index contributed by atoms with van der Waals surface area (Å²) in [6.07, 6.45) is -5.85. The molecule has 7 rings (SSSR count). The number of nitro groups is 1. The smallest absolute Gasteiger partial charge is 0.409 e. The van der Waals surface area contributed by atoms with Gasteiger partial charge in [0.15, 0.2) is 17.5 Å². The molecule has 4 amide bonds. The van der Waals surface area contributed by atoms with Crippen molar-refractivity contribution in [3.05, 3.63) is 52.5 Å². The van der Waals surface area contributed by atoms with Crippen molar-refractivity contribution in [2.75, 3.05) is 64.6 Å². The Labute approximate surface area is 361 Å². The minimum atomic E-state index is -1.98. The van der Waals surface area contributed by atoms with E-state index in [1.54, 1.807) is 24.2 Å². The van der Waals surface area contributed by atoms with Gasteiger partial charge in [0.2, 0.25) is 11.4 Å². The predicted octanol–water partition coefficient (Wildman–Crippen LogP) is 1.02. The molecule has 3 aliphatic rings. The first-order valence-electron chi connectivity index (χ1n) is 19.5. The molecule has 1 aliphatic carbocycles. The Bertz CT molecular complexity index is 2350. The summed E-state index contributed by atoms with van der Waals surface area (Å²) in [5.74, 6) is -0.836. The van der Waals surface area contributed by atoms with Gasteiger partial charge < -0.3 is 59.0 Å². The van der Waals surface area contributed by atoms with Crippen LogP contribution >= 0.6 is 11.5 Å². The zero-order valence-corrected chi connectivity index (χ0v) is 35.1. The van der Waals surface area contributed by atoms with Crippen molar-refractivity contribution in [2.24, 2.45) is 11.8 Å². The molecule has 0 spiro atoms. The normalized spacial score (nSPS) is 24.1. The summed E-state index contributed by atoms with van der Waals surface area (Å²) in [6.45, 7) is 0.968. The number of nitrogens with one attached hydrogen (secondary N) is 1. The van der Waals surface area contributed by atoms with Crippen molar-refractivity contribution in [2.45, 2.75) is 56.2 Å². The summed E-state index contributed by atoms with van der Waals surface area (Å²) in [7, 11) is 6.44. The third-order valence-electron chi connectivity index (χ3n) is 11.4. The number of nitrogens with zero attached hydrogens (tertiary/aromatic N) is 10. The van der Waals surface area contributed by atoms with Gasteiger partial charge in [0.25, 0.3) is 0 Å². The lowest BCUT2D eigenvalue weighted by Gasteiger charge is -2.38. The van der Waals surface area contributed by atoms with Gasteiger partial charge in [-0.2, -0.15) is 4.98 Å². The van der Waals surface area contributed by atoms with Crippen molar-refractivity contribution in [1.82, 2.24) is 38.6 Å². The number of likely N-dealkylation sites (N-methyl/N-ethyl adjacent to an activating group) is 2. The minimum absolute atomic E-state index is 0.0533. The second-order valence-corrected chi connectivity index (χ2v) is 16.1. The van der Waals surface area contributed by atoms with Crippen LogP contribution in [0.1, 0.15) is 18.4 Å². The summed E-state index contributed by atoms with van der Waals surface area (Å²) in [5, 5.41) is 55.2. The molecule has 5 N–H and O–H groups in total. The first-order chi connectivity index (χ1) is 30.0. The number of likely N-dealkylation sites (tertiary alicyclic amines) is 1. The number of aliphatic hydroxyl groups is 3. The first-order valence-corrected chi connectivity index (χ1v) is 20.3. The molecule has 3 aromatic heterocycles. The van der Waals surface area contributed by atoms with E-state index < -0.39 is 71.8 Å². The Morgan fingerprint density at radius 1 is 1.02 bits per heavy atom. The fourth-order valence-corrected chi connectivity index (χ4v) is 8.44. The van der Waals surface area contributed by atoms with Crippen LogP contribution in [0.5, 0.6) is 11.8 Å². The number of hydrogen-bond donors (Lipinski definition) is 5. The molecule has 4 aromatic rings. The van der Waals surface area contributed by atoms with Gasteiger partial charge in [-0.1, -0.05) is 6.07 Å². The van der Waals surface area contributed by atoms with Gasteiger partial charge in [-0.25, -0.2) is 29.1 Å². The highest BCUT2D eigenvalue weighted by Crippen LogP contribution is 2.42. The number of carbonyl (C=O) groups is 4. The van der Waals surface area contributed by atoms with Crippen LogP contribution in [0.2, 0.25) is 0 Å². The number of amides is 4. The number of carboxylic acids is 1. The number of aliphatic hydroxyl groups excluding tert-OH is 3. The van der Waals surface area contributed by atoms with Gasteiger partial charge in [0, 0.05) is 77.2 Å². The topological polar surface area (TPSA) is 311 Å². The van der Waals surface area contributed by atoms with Crippen LogP contribution in [0.3, 0.4) is 0 Å². The van der Waals surface area contributed by atoms with Crippen LogP contribution in [-0.4, -0.2) is 179 Å². The number of hydrogen-bond acceptors (Lipinski definition) is 19. The molecular formula is C37H45N11O14S. The highest BCUT2D eigenvalue weighted by Gasteiger charge is 2.49. The Kier molecular flexibility index (Phi) is 13.1. The predicted molar refractivity (Wildman–Crippen MR) is 217 cm³/mol. The zero-order chi connectivity index (χ0) is 45.3. The van der Waals surface area contributed by atoms with Crippen LogP contribution in [0, 0.1) is 22.0 Å². The monoisotopic (exact) mass is 899 g/mol. The van der Waals surface area contributed by atoms with Gasteiger partial charge in [0.1, 0.15) is 37.1 Å². The van der Waals surface area contributed by atoms with Crippen LogP contribution in [0.4, 0.5) is 31.0 Å². The lowest BCUT2D eigenvalue weighted by Crippen LogP contribution is -2.61. The number of aromatic nitrogens is 5. The van der Waals surface area contributed by atoms with Crippen molar-refractivity contribution >= 4 is 63.3 Å². The second-order valence-electron chi connectivity index (χ2n) is 15.4. The molecule has 0 radical (unpaired) electrons. The number of aliphatic carboxylic acids is 1. The number of benzene rings is 1. The highest BCUT2D eigenvalue weighted by atomic mass is 32.1. The molecular weight excluding hydrogens is 855 g/mol. The van der Waals surface area contributed by atoms with Gasteiger partial charge in [-0.3, -0.25) is 20.0 Å². The van der Waals surface area contributed by atoms with E-state index in [0.717, 1.165) is 36.5 Å². The highest BCUT2D eigenvalue weighted by molar-refractivity contribution is 7.10. The van der Waals surface area contributed by atoms with E-state index in [1.807, 2.05) is 7.05 Å². The van der Waals surface area contributed by atoms with Crippen molar-refractivity contribution in [1.29, 1.82) is 0 Å². The largest absolute Gasteiger partial charge is 0.479 e. The van der Waals surface area contributed by atoms with Crippen LogP contribution in [0.15, 0.2) is 36.8 Å². The van der Waals surface area contributed by atoms with E-state index in [-0.39, 0.29) is 36.7 Å². The Morgan fingerprint density at radius 3 is 2.40 bits per heavy atom. The molecule has 26 heteroatoms. The Hall–Kier alpha value is -6.48. The lowest BCUT2D eigenvalue weighted by atomic mass is 9.99. The molecule has 63 heavy (non-hydrogen) atoms. The van der Waals surface area contributed by atoms with Crippen molar-refractivity contribution in [3.8, 4) is 11.8 Å². The summed E-state index contributed by atoms with van der Waals surface area (Å²) in [6, 6.07) is 4.97. The SMILES string of the molecule is COc1nsc(NC(=O)N2C[C@H]3CC(N(C)c4ncnc5c4ccn5C(=O)N(C)CCN(C)C(=O)OCc4ccc(O[C@@H]5O[C@H](C(=O)O)[C@@H](O)[C@H](O)[C@H]5O)c([N+](=O)[O-])c4)C[C@H]3C2)n1. The van der Waals surface area contributed by atoms with E-state index in [9.17, 15) is 49.7 Å². The Morgan fingerprint density at radius 2 is 1.73 bits per heavy atom. The average molecular weight is 900 g/mol. The van der Waals surface area contributed by atoms with Crippen LogP contribution in [-0.2, 0) is 20.9 Å². The van der Waals surface area contributed by atoms with E-state index in [0.29, 0.717) is 46.9 Å². The van der Waals surface area contributed by atoms with Gasteiger partial charge in [0.05, 0.1) is 17.4 Å². The zero-order valence-electron chi connectivity index (χ0n) is 34.3.